The van der Waals surface area contributed by atoms with Crippen LogP contribution in [0.3, 0.4) is 0 Å². The van der Waals surface area contributed by atoms with Gasteiger partial charge in [0.1, 0.15) is 5.75 Å². The number of phenols is 1. The fourth-order valence-corrected chi connectivity index (χ4v) is 4.68. The predicted molar refractivity (Wildman–Crippen MR) is 88.3 cm³/mol. The highest BCUT2D eigenvalue weighted by atomic mass is 79.9. The summed E-state index contributed by atoms with van der Waals surface area (Å²) >= 11 is 8.23. The van der Waals surface area contributed by atoms with Gasteiger partial charge < -0.3 is 10.0 Å². The molecule has 20 heavy (non-hydrogen) atoms. The van der Waals surface area contributed by atoms with E-state index in [-0.39, 0.29) is 17.7 Å². The number of carbonyl (C=O) groups is 1. The molecule has 0 aliphatic carbocycles. The minimum absolute atomic E-state index is 0.0884. The molecule has 0 saturated carbocycles. The lowest BCUT2D eigenvalue weighted by Crippen LogP contribution is -2.29. The monoisotopic (exact) mass is 417 g/mol. The molecular weight excluding hydrogens is 406 g/mol. The molecule has 2 rings (SSSR count). The maximum absolute atomic E-state index is 12.5. The van der Waals surface area contributed by atoms with E-state index in [1.807, 2.05) is 19.1 Å². The summed E-state index contributed by atoms with van der Waals surface area (Å²) in [4.78, 5) is 14.1. The first-order valence-corrected chi connectivity index (χ1v) is 8.32. The Bertz CT molecular complexity index is 642. The predicted octanol–water partition coefficient (Wildman–Crippen LogP) is 4.81. The average molecular weight is 419 g/mol. The SMILES string of the molecule is CC(c1ccccc1O)N(C)C(=O)c1cc(Br)sc1Br. The highest BCUT2D eigenvalue weighted by Crippen LogP contribution is 2.34. The summed E-state index contributed by atoms with van der Waals surface area (Å²) in [7, 11) is 1.73. The van der Waals surface area contributed by atoms with E-state index in [9.17, 15) is 9.90 Å². The van der Waals surface area contributed by atoms with Crippen LogP contribution in [0.15, 0.2) is 37.9 Å². The van der Waals surface area contributed by atoms with Gasteiger partial charge >= 0.3 is 0 Å². The molecule has 0 aliphatic heterocycles. The number of aromatic hydroxyl groups is 1. The van der Waals surface area contributed by atoms with Crippen LogP contribution in [0.5, 0.6) is 5.75 Å². The Morgan fingerprint density at radius 2 is 2.00 bits per heavy atom. The molecule has 1 atom stereocenters. The van der Waals surface area contributed by atoms with Gasteiger partial charge in [0.2, 0.25) is 0 Å². The zero-order valence-corrected chi connectivity index (χ0v) is 14.9. The minimum atomic E-state index is -0.214. The van der Waals surface area contributed by atoms with E-state index in [1.54, 1.807) is 30.1 Å². The lowest BCUT2D eigenvalue weighted by Gasteiger charge is -2.25. The van der Waals surface area contributed by atoms with E-state index in [2.05, 4.69) is 31.9 Å². The van der Waals surface area contributed by atoms with Crippen LogP contribution in [0.25, 0.3) is 0 Å². The van der Waals surface area contributed by atoms with E-state index < -0.39 is 0 Å². The molecule has 0 saturated heterocycles. The van der Waals surface area contributed by atoms with Gasteiger partial charge in [-0.15, -0.1) is 11.3 Å². The number of hydrogen-bond donors (Lipinski definition) is 1. The summed E-state index contributed by atoms with van der Waals surface area (Å²) in [5, 5.41) is 9.89. The zero-order chi connectivity index (χ0) is 14.9. The van der Waals surface area contributed by atoms with Crippen LogP contribution >= 0.6 is 43.2 Å². The second kappa shape index (κ2) is 6.28. The number of phenolic OH excluding ortho intramolecular Hbond substituents is 1. The molecule has 0 radical (unpaired) electrons. The maximum atomic E-state index is 12.5. The number of thiophene rings is 1. The number of benzene rings is 1. The third-order valence-corrected chi connectivity index (χ3v) is 5.51. The van der Waals surface area contributed by atoms with Crippen LogP contribution in [0.2, 0.25) is 0 Å². The molecule has 0 bridgehead atoms. The van der Waals surface area contributed by atoms with Gasteiger partial charge in [-0.1, -0.05) is 18.2 Å². The molecule has 1 N–H and O–H groups in total. The van der Waals surface area contributed by atoms with Crippen molar-refractivity contribution in [3.05, 3.63) is 49.0 Å². The van der Waals surface area contributed by atoms with Gasteiger partial charge in [0.15, 0.2) is 0 Å². The van der Waals surface area contributed by atoms with Gasteiger partial charge in [-0.05, 0) is 50.9 Å². The van der Waals surface area contributed by atoms with Crippen molar-refractivity contribution < 1.29 is 9.90 Å². The number of halogens is 2. The number of carbonyl (C=O) groups excluding carboxylic acids is 1. The van der Waals surface area contributed by atoms with Gasteiger partial charge in [0.05, 0.1) is 19.2 Å². The van der Waals surface area contributed by atoms with Crippen molar-refractivity contribution in [2.45, 2.75) is 13.0 Å². The van der Waals surface area contributed by atoms with E-state index in [0.29, 0.717) is 5.56 Å². The standard InChI is InChI=1S/C14H13Br2NO2S/c1-8(9-5-3-4-6-11(9)18)17(2)14(19)10-7-12(15)20-13(10)16/h3-8,18H,1-2H3. The van der Waals surface area contributed by atoms with Gasteiger partial charge in [0, 0.05) is 12.6 Å². The van der Waals surface area contributed by atoms with Gasteiger partial charge in [-0.25, -0.2) is 0 Å². The summed E-state index contributed by atoms with van der Waals surface area (Å²) in [6.45, 7) is 1.89. The molecular formula is C14H13Br2NO2S. The molecule has 0 fully saturated rings. The first-order valence-electron chi connectivity index (χ1n) is 5.91. The smallest absolute Gasteiger partial charge is 0.256 e. The van der Waals surface area contributed by atoms with Crippen LogP contribution in [-0.2, 0) is 0 Å². The highest BCUT2D eigenvalue weighted by molar-refractivity contribution is 9.12. The van der Waals surface area contributed by atoms with Crippen molar-refractivity contribution in [1.82, 2.24) is 4.90 Å². The average Bonchev–Trinajstić information content (AvgIpc) is 2.76. The third kappa shape index (κ3) is 3.07. The van der Waals surface area contributed by atoms with Crippen LogP contribution in [0.1, 0.15) is 28.9 Å². The van der Waals surface area contributed by atoms with Gasteiger partial charge in [0.25, 0.3) is 5.91 Å². The Morgan fingerprint density at radius 3 is 2.55 bits per heavy atom. The van der Waals surface area contributed by atoms with Crippen LogP contribution in [0, 0.1) is 0 Å². The molecule has 1 aromatic heterocycles. The minimum Gasteiger partial charge on any atom is -0.508 e. The van der Waals surface area contributed by atoms with Gasteiger partial charge in [-0.3, -0.25) is 4.79 Å². The second-order valence-electron chi connectivity index (χ2n) is 4.39. The normalized spacial score (nSPS) is 12.2. The van der Waals surface area contributed by atoms with Crippen molar-refractivity contribution in [3.63, 3.8) is 0 Å². The highest BCUT2D eigenvalue weighted by Gasteiger charge is 2.23. The summed E-state index contributed by atoms with van der Waals surface area (Å²) in [6.07, 6.45) is 0. The fourth-order valence-electron chi connectivity index (χ4n) is 1.90. The van der Waals surface area contributed by atoms with E-state index >= 15 is 0 Å². The lowest BCUT2D eigenvalue weighted by atomic mass is 10.1. The van der Waals surface area contributed by atoms with Crippen LogP contribution < -0.4 is 0 Å². The molecule has 1 amide bonds. The Labute approximate surface area is 138 Å². The van der Waals surface area contributed by atoms with E-state index in [0.717, 1.165) is 13.1 Å². The molecule has 3 nitrogen and oxygen atoms in total. The molecule has 106 valence electrons. The van der Waals surface area contributed by atoms with Gasteiger partial charge in [-0.2, -0.15) is 0 Å². The summed E-state index contributed by atoms with van der Waals surface area (Å²) < 4.78 is 1.70. The van der Waals surface area contributed by atoms with Crippen molar-refractivity contribution in [2.75, 3.05) is 7.05 Å². The maximum Gasteiger partial charge on any atom is 0.256 e. The van der Waals surface area contributed by atoms with E-state index in [4.69, 9.17) is 0 Å². The Balaban J connectivity index is 2.27. The number of nitrogens with zero attached hydrogens (tertiary/aromatic N) is 1. The quantitative estimate of drug-likeness (QED) is 0.776. The Kier molecular flexibility index (Phi) is 4.88. The topological polar surface area (TPSA) is 40.5 Å². The van der Waals surface area contributed by atoms with Crippen molar-refractivity contribution in [1.29, 1.82) is 0 Å². The number of para-hydroxylation sites is 1. The number of rotatable bonds is 3. The van der Waals surface area contributed by atoms with Crippen LogP contribution in [0.4, 0.5) is 0 Å². The lowest BCUT2D eigenvalue weighted by molar-refractivity contribution is 0.0741. The van der Waals surface area contributed by atoms with Crippen molar-refractivity contribution in [3.8, 4) is 5.75 Å². The summed E-state index contributed by atoms with van der Waals surface area (Å²) in [6, 6.07) is 8.64. The molecule has 0 aliphatic rings. The molecule has 6 heteroatoms. The molecule has 1 heterocycles. The Morgan fingerprint density at radius 1 is 1.35 bits per heavy atom. The second-order valence-corrected chi connectivity index (χ2v) is 8.14. The fraction of sp³-hybridized carbons (Fsp3) is 0.214. The molecule has 0 spiro atoms. The summed E-state index contributed by atoms with van der Waals surface area (Å²) in [5.41, 5.74) is 1.35. The largest absolute Gasteiger partial charge is 0.508 e. The number of amides is 1. The number of hydrogen-bond acceptors (Lipinski definition) is 3. The molecule has 1 unspecified atom stereocenters. The first kappa shape index (κ1) is 15.5. The zero-order valence-electron chi connectivity index (χ0n) is 10.9. The third-order valence-electron chi connectivity index (χ3n) is 3.18. The van der Waals surface area contributed by atoms with Crippen molar-refractivity contribution in [2.24, 2.45) is 0 Å². The van der Waals surface area contributed by atoms with E-state index in [1.165, 1.54) is 11.3 Å². The molecule has 2 aromatic rings. The summed E-state index contributed by atoms with van der Waals surface area (Å²) in [5.74, 6) is 0.111. The first-order chi connectivity index (χ1) is 9.41. The molecule has 1 aromatic carbocycles. The Hall–Kier alpha value is -0.850. The van der Waals surface area contributed by atoms with Crippen LogP contribution in [-0.4, -0.2) is 23.0 Å². The van der Waals surface area contributed by atoms with Crippen molar-refractivity contribution >= 4 is 49.1 Å².